The van der Waals surface area contributed by atoms with Gasteiger partial charge in [0, 0.05) is 25.8 Å². The van der Waals surface area contributed by atoms with E-state index in [0.717, 1.165) is 0 Å². The van der Waals surface area contributed by atoms with E-state index in [2.05, 4.69) is 11.4 Å². The van der Waals surface area contributed by atoms with Crippen molar-refractivity contribution in [1.29, 1.82) is 5.26 Å². The van der Waals surface area contributed by atoms with E-state index in [1.54, 1.807) is 26.2 Å². The largest absolute Gasteiger partial charge is 0.385 e. The first-order valence-corrected chi connectivity index (χ1v) is 5.03. The number of ether oxygens (including phenoxy) is 1. The summed E-state index contributed by atoms with van der Waals surface area (Å²) in [5, 5.41) is 12.1. The number of rotatable bonds is 5. The van der Waals surface area contributed by atoms with Crippen LogP contribution in [-0.4, -0.2) is 19.3 Å². The summed E-state index contributed by atoms with van der Waals surface area (Å²) in [5.41, 5.74) is -0.149. The molecule has 0 saturated carbocycles. The fourth-order valence-corrected chi connectivity index (χ4v) is 1.34. The molecule has 1 aromatic rings. The van der Waals surface area contributed by atoms with E-state index in [1.807, 2.05) is 0 Å². The average molecular weight is 222 g/mol. The smallest absolute Gasteiger partial charge is 0.125 e. The van der Waals surface area contributed by atoms with Crippen LogP contribution in [-0.2, 0) is 4.74 Å². The summed E-state index contributed by atoms with van der Waals surface area (Å²) in [6.07, 6.45) is 0.538. The van der Waals surface area contributed by atoms with Crippen LogP contribution < -0.4 is 5.32 Å². The van der Waals surface area contributed by atoms with Gasteiger partial charge in [-0.1, -0.05) is 6.07 Å². The fraction of sp³-hybridized carbons (Fsp3) is 0.417. The molecule has 0 bridgehead atoms. The van der Waals surface area contributed by atoms with Crippen LogP contribution in [0.2, 0.25) is 0 Å². The molecule has 0 aliphatic rings. The summed E-state index contributed by atoms with van der Waals surface area (Å²) in [6, 6.07) is 8.23. The van der Waals surface area contributed by atoms with Crippen molar-refractivity contribution in [1.82, 2.24) is 0 Å². The van der Waals surface area contributed by atoms with Crippen molar-refractivity contribution in [3.63, 3.8) is 0 Å². The van der Waals surface area contributed by atoms with Gasteiger partial charge < -0.3 is 10.1 Å². The van der Waals surface area contributed by atoms with Crippen LogP contribution in [0.1, 0.15) is 13.3 Å². The molecule has 0 saturated heterocycles. The molecule has 1 N–H and O–H groups in total. The maximum atomic E-state index is 13.0. The molecule has 0 aliphatic heterocycles. The lowest BCUT2D eigenvalue weighted by Gasteiger charge is -2.24. The number of benzene rings is 1. The minimum Gasteiger partial charge on any atom is -0.385 e. The maximum absolute atomic E-state index is 13.0. The van der Waals surface area contributed by atoms with E-state index >= 15 is 0 Å². The number of nitriles is 1. The minimum absolute atomic E-state index is 0.322. The molecule has 0 heterocycles. The van der Waals surface area contributed by atoms with Crippen LogP contribution in [0.25, 0.3) is 0 Å². The van der Waals surface area contributed by atoms with Crippen molar-refractivity contribution in [2.75, 3.05) is 19.0 Å². The number of nitrogens with one attached hydrogen (secondary N) is 1. The Morgan fingerprint density at radius 3 is 2.88 bits per heavy atom. The standard InChI is InChI=1S/C12H15FN2O/c1-12(9-14,6-7-16-2)15-11-5-3-4-10(13)8-11/h3-5,8,15H,6-7H2,1-2H3. The monoisotopic (exact) mass is 222 g/mol. The highest BCUT2D eigenvalue weighted by Crippen LogP contribution is 2.18. The topological polar surface area (TPSA) is 45.0 Å². The van der Waals surface area contributed by atoms with Crippen molar-refractivity contribution in [2.24, 2.45) is 0 Å². The second kappa shape index (κ2) is 5.47. The van der Waals surface area contributed by atoms with Gasteiger partial charge in [0.1, 0.15) is 11.4 Å². The van der Waals surface area contributed by atoms with Gasteiger partial charge in [0.2, 0.25) is 0 Å². The molecule has 0 spiro atoms. The Morgan fingerprint density at radius 2 is 2.31 bits per heavy atom. The number of methoxy groups -OCH3 is 1. The molecule has 4 heteroatoms. The molecule has 1 rings (SSSR count). The molecule has 0 aliphatic carbocycles. The van der Waals surface area contributed by atoms with Crippen LogP contribution in [0.5, 0.6) is 0 Å². The summed E-state index contributed by atoms with van der Waals surface area (Å²) in [4.78, 5) is 0. The van der Waals surface area contributed by atoms with Crippen molar-refractivity contribution in [3.05, 3.63) is 30.1 Å². The quantitative estimate of drug-likeness (QED) is 0.832. The molecular weight excluding hydrogens is 207 g/mol. The lowest BCUT2D eigenvalue weighted by molar-refractivity contribution is 0.184. The van der Waals surface area contributed by atoms with Crippen LogP contribution in [0.3, 0.4) is 0 Å². The number of nitrogens with zero attached hydrogens (tertiary/aromatic N) is 1. The van der Waals surface area contributed by atoms with Gasteiger partial charge in [-0.3, -0.25) is 0 Å². The van der Waals surface area contributed by atoms with Gasteiger partial charge in [-0.2, -0.15) is 5.26 Å². The van der Waals surface area contributed by atoms with E-state index < -0.39 is 5.54 Å². The highest BCUT2D eigenvalue weighted by atomic mass is 19.1. The molecule has 1 unspecified atom stereocenters. The van der Waals surface area contributed by atoms with E-state index in [-0.39, 0.29) is 5.82 Å². The second-order valence-electron chi connectivity index (χ2n) is 3.82. The lowest BCUT2D eigenvalue weighted by atomic mass is 10.00. The Balaban J connectivity index is 2.73. The van der Waals surface area contributed by atoms with Crippen LogP contribution >= 0.6 is 0 Å². The van der Waals surface area contributed by atoms with Crippen molar-refractivity contribution in [2.45, 2.75) is 18.9 Å². The van der Waals surface area contributed by atoms with Gasteiger partial charge in [0.15, 0.2) is 0 Å². The summed E-state index contributed by atoms with van der Waals surface area (Å²) < 4.78 is 17.9. The van der Waals surface area contributed by atoms with Gasteiger partial charge >= 0.3 is 0 Å². The van der Waals surface area contributed by atoms with Gasteiger partial charge in [-0.15, -0.1) is 0 Å². The molecule has 86 valence electrons. The predicted molar refractivity (Wildman–Crippen MR) is 60.5 cm³/mol. The molecule has 0 fully saturated rings. The highest BCUT2D eigenvalue weighted by molar-refractivity contribution is 5.47. The van der Waals surface area contributed by atoms with Gasteiger partial charge in [0.25, 0.3) is 0 Å². The Kier molecular flexibility index (Phi) is 4.27. The normalized spacial score (nSPS) is 13.9. The zero-order chi connectivity index (χ0) is 12.0. The maximum Gasteiger partial charge on any atom is 0.125 e. The first kappa shape index (κ1) is 12.5. The Hall–Kier alpha value is -1.60. The minimum atomic E-state index is -0.746. The van der Waals surface area contributed by atoms with Crippen molar-refractivity contribution >= 4 is 5.69 Å². The first-order valence-electron chi connectivity index (χ1n) is 5.03. The molecule has 3 nitrogen and oxygen atoms in total. The predicted octanol–water partition coefficient (Wildman–Crippen LogP) is 2.56. The van der Waals surface area contributed by atoms with Crippen molar-refractivity contribution < 1.29 is 9.13 Å². The molecular formula is C12H15FN2O. The molecule has 0 aromatic heterocycles. The number of halogens is 1. The Labute approximate surface area is 94.8 Å². The van der Waals surface area contributed by atoms with Crippen LogP contribution in [0.15, 0.2) is 24.3 Å². The van der Waals surface area contributed by atoms with Gasteiger partial charge in [-0.25, -0.2) is 4.39 Å². The summed E-state index contributed by atoms with van der Waals surface area (Å²) in [5.74, 6) is -0.322. The first-order chi connectivity index (χ1) is 7.59. The molecule has 1 aromatic carbocycles. The molecule has 0 radical (unpaired) electrons. The van der Waals surface area contributed by atoms with E-state index in [9.17, 15) is 4.39 Å². The number of hydrogen-bond acceptors (Lipinski definition) is 3. The third kappa shape index (κ3) is 3.52. The average Bonchev–Trinajstić information content (AvgIpc) is 2.26. The second-order valence-corrected chi connectivity index (χ2v) is 3.82. The third-order valence-corrected chi connectivity index (χ3v) is 2.30. The Morgan fingerprint density at radius 1 is 1.56 bits per heavy atom. The molecule has 0 amide bonds. The SMILES string of the molecule is COCCC(C)(C#N)Nc1cccc(F)c1. The van der Waals surface area contributed by atoms with Gasteiger partial charge in [0.05, 0.1) is 6.07 Å². The van der Waals surface area contributed by atoms with E-state index in [1.165, 1.54) is 12.1 Å². The number of anilines is 1. The summed E-state index contributed by atoms with van der Waals surface area (Å²) >= 11 is 0. The Bertz CT molecular complexity index is 389. The number of hydrogen-bond donors (Lipinski definition) is 1. The summed E-state index contributed by atoms with van der Waals surface area (Å²) in [6.45, 7) is 2.24. The van der Waals surface area contributed by atoms with E-state index in [0.29, 0.717) is 18.7 Å². The summed E-state index contributed by atoms with van der Waals surface area (Å²) in [7, 11) is 1.58. The zero-order valence-electron chi connectivity index (χ0n) is 9.46. The molecule has 1 atom stereocenters. The zero-order valence-corrected chi connectivity index (χ0v) is 9.46. The fourth-order valence-electron chi connectivity index (χ4n) is 1.34. The van der Waals surface area contributed by atoms with Crippen LogP contribution in [0.4, 0.5) is 10.1 Å². The van der Waals surface area contributed by atoms with Crippen LogP contribution in [0, 0.1) is 17.1 Å². The lowest BCUT2D eigenvalue weighted by Crippen LogP contribution is -2.34. The van der Waals surface area contributed by atoms with Gasteiger partial charge in [-0.05, 0) is 25.1 Å². The van der Waals surface area contributed by atoms with E-state index in [4.69, 9.17) is 10.00 Å². The molecule has 16 heavy (non-hydrogen) atoms. The third-order valence-electron chi connectivity index (χ3n) is 2.30. The highest BCUT2D eigenvalue weighted by Gasteiger charge is 2.23. The van der Waals surface area contributed by atoms with Crippen molar-refractivity contribution in [3.8, 4) is 6.07 Å².